The molecular weight excluding hydrogens is 861 g/mol. The number of hydrogen-bond donors (Lipinski definition) is 2. The second-order valence-corrected chi connectivity index (χ2v) is 12.2. The van der Waals surface area contributed by atoms with Crippen LogP contribution >= 0.6 is 0 Å². The Bertz CT molecular complexity index is 1600. The second kappa shape index (κ2) is 11.9. The number of benzene rings is 4. The van der Waals surface area contributed by atoms with Gasteiger partial charge in [0.05, 0.1) is 0 Å². The Morgan fingerprint density at radius 1 is 0.600 bits per heavy atom. The summed E-state index contributed by atoms with van der Waals surface area (Å²) in [7, 11) is 0. The van der Waals surface area contributed by atoms with Crippen LogP contribution < -0.4 is 27.0 Å². The average Bonchev–Trinajstić information content (AvgIpc) is 2.92. The minimum Gasteiger partial charge on any atom is -0.173 e. The molecule has 0 amide bonds. The molecule has 0 saturated carbocycles. The van der Waals surface area contributed by atoms with Gasteiger partial charge in [-0.15, -0.1) is 0 Å². The molecule has 0 saturated heterocycles. The van der Waals surface area contributed by atoms with Crippen LogP contribution in [-0.2, 0) is 5.41 Å². The summed E-state index contributed by atoms with van der Waals surface area (Å²) in [5, 5.41) is 0. The van der Waals surface area contributed by atoms with E-state index in [1.165, 1.54) is 30.3 Å². The molecule has 0 aromatic heterocycles. The Balaban J connectivity index is 1.74. The average molecular weight is 880 g/mol. The van der Waals surface area contributed by atoms with E-state index in [9.17, 15) is 43.9 Å². The van der Waals surface area contributed by atoms with Gasteiger partial charge in [-0.3, -0.25) is 0 Å². The Labute approximate surface area is 244 Å². The quantitative estimate of drug-likeness (QED) is 0.137. The van der Waals surface area contributed by atoms with E-state index in [2.05, 4.69) is 0 Å². The normalized spacial score (nSPS) is 11.9. The zero-order valence-electron chi connectivity index (χ0n) is 22.2. The fourth-order valence-electron chi connectivity index (χ4n) is 4.38. The van der Waals surface area contributed by atoms with Gasteiger partial charge >= 0.3 is 177 Å². The molecule has 0 heterocycles. The first kappa shape index (κ1) is 31.9. The van der Waals surface area contributed by atoms with Crippen LogP contribution in [0.5, 0.6) is 23.0 Å². The van der Waals surface area contributed by atoms with Gasteiger partial charge in [0.15, 0.2) is 0 Å². The van der Waals surface area contributed by atoms with Crippen molar-refractivity contribution in [1.29, 1.82) is 0 Å². The summed E-state index contributed by atoms with van der Waals surface area (Å²) in [5.74, 6) is -0.704. The van der Waals surface area contributed by atoms with Crippen molar-refractivity contribution in [1.82, 2.24) is 0 Å². The van der Waals surface area contributed by atoms with Gasteiger partial charge in [0.25, 0.3) is 6.08 Å². The molecule has 0 bridgehead atoms. The molecule has 4 rings (SSSR count). The van der Waals surface area contributed by atoms with Crippen molar-refractivity contribution in [2.75, 3.05) is 11.5 Å². The summed E-state index contributed by atoms with van der Waals surface area (Å²) in [6.45, 7) is -1.83. The predicted octanol–water partition coefficient (Wildman–Crippen LogP) is 8.82. The molecule has 4 nitrogen and oxygen atoms in total. The third-order valence-corrected chi connectivity index (χ3v) is 8.49. The van der Waals surface area contributed by atoms with E-state index in [4.69, 9.17) is 20.9 Å². The second-order valence-electron chi connectivity index (χ2n) is 9.16. The summed E-state index contributed by atoms with van der Waals surface area (Å²) >= 11 is 0. The third-order valence-electron chi connectivity index (χ3n) is 6.26. The number of hydrogen-bond acceptors (Lipinski definition) is 4. The summed E-state index contributed by atoms with van der Waals surface area (Å²) in [6, 6.07) is 13.3. The standard InChI is InChI=1S/C29H19F8N2O2.CF2.Cf/c30-26(31)16-17-15-21(39)7-14-25(17)41-24-10-3-19(4-11-24)27(28(32,33)34,29(35,36)37)18-1-8-22(9-2-18)40-23-12-5-20(38)6-13-23;2-1-3;/h1-12,14-16H,38-39H2;;. The fraction of sp³-hybridized carbons (Fsp3) is 0.100. The van der Waals surface area contributed by atoms with Gasteiger partial charge in [-0.1, -0.05) is 0 Å². The van der Waals surface area contributed by atoms with Crippen LogP contribution in [0.3, 0.4) is 0 Å². The molecule has 241 valence electrons. The van der Waals surface area contributed by atoms with E-state index < -0.39 is 41.9 Å². The fourth-order valence-corrected chi connectivity index (χ4v) is 6.22. The van der Waals surface area contributed by atoms with E-state index in [-0.39, 0.29) is 46.0 Å². The first-order valence-corrected chi connectivity index (χ1v) is 14.9. The predicted molar refractivity (Wildman–Crippen MR) is 145 cm³/mol. The Kier molecular flexibility index (Phi) is 8.47. The number of halogens is 10. The molecule has 0 aliphatic carbocycles. The Morgan fingerprint density at radius 3 is 1.49 bits per heavy atom. The Hall–Kier alpha value is -6.01. The molecule has 0 unspecified atom stereocenters. The molecule has 15 heteroatoms. The van der Waals surface area contributed by atoms with Crippen molar-refractivity contribution in [2.24, 2.45) is 0 Å². The number of ether oxygens (including phenoxy) is 2. The zero-order chi connectivity index (χ0) is 33.2. The van der Waals surface area contributed by atoms with Crippen LogP contribution in [-0.4, -0.2) is 19.3 Å². The minimum atomic E-state index is -5.91. The number of alkyl halides is 6. The zero-order valence-corrected chi connectivity index (χ0v) is 24.9. The third kappa shape index (κ3) is 6.65. The molecule has 0 radical (unpaired) electrons. The maximum Gasteiger partial charge on any atom is 0.271 e. The van der Waals surface area contributed by atoms with Gasteiger partial charge in [-0.05, 0) is 18.2 Å². The van der Waals surface area contributed by atoms with Crippen LogP contribution in [0.15, 0.2) is 91.0 Å². The molecule has 4 aromatic rings. The van der Waals surface area contributed by atoms with E-state index in [0.717, 1.165) is 30.3 Å². The van der Waals surface area contributed by atoms with Crippen molar-refractivity contribution in [2.45, 2.75) is 17.8 Å². The van der Waals surface area contributed by atoms with Crippen molar-refractivity contribution in [3.63, 3.8) is 0 Å². The molecule has 0 aliphatic heterocycles. The van der Waals surface area contributed by atoms with Crippen LogP contribution in [0.1, 0.15) is 16.7 Å². The summed E-state index contributed by atoms with van der Waals surface area (Å²) in [4.78, 5) is 0. The largest absolute Gasteiger partial charge is 0.271 e. The van der Waals surface area contributed by atoms with Crippen LogP contribution in [0, 0.1) is 0 Å². The van der Waals surface area contributed by atoms with Crippen LogP contribution in [0.2, 0.25) is 0 Å². The smallest absolute Gasteiger partial charge is 0.173 e. The molecular formula is C30H19CfF10N2O2. The van der Waals surface area contributed by atoms with Gasteiger partial charge in [0, 0.05) is 17.3 Å². The van der Waals surface area contributed by atoms with Crippen LogP contribution in [0.25, 0.3) is 6.08 Å². The van der Waals surface area contributed by atoms with Crippen molar-refractivity contribution < 1.29 is 53.4 Å². The maximum atomic E-state index is 14.6. The van der Waals surface area contributed by atoms with E-state index >= 15 is 0 Å². The molecule has 0 aliphatic rings. The first-order chi connectivity index (χ1) is 21.0. The SMILES string of the molecule is Nc1ccc(Oc2ccc(C(c3ccc(Oc4ccc(N)c[c]4[Cf]=[C](F)F)cc3)(C(F)(F)F)C(F)(F)F)cc2)c(C=C(F)F)c1. The summed E-state index contributed by atoms with van der Waals surface area (Å²) < 4.78 is 148. The van der Waals surface area contributed by atoms with Crippen molar-refractivity contribution >= 4 is 30.4 Å². The maximum absolute atomic E-state index is 14.6. The minimum absolute atomic E-state index is 0.0664. The van der Waals surface area contributed by atoms with E-state index in [0.29, 0.717) is 30.3 Å². The number of anilines is 2. The molecule has 4 aromatic carbocycles. The summed E-state index contributed by atoms with van der Waals surface area (Å²) in [5.41, 5.74) is 4.39. The van der Waals surface area contributed by atoms with Crippen molar-refractivity contribution in [3.05, 3.63) is 108 Å². The number of nitrogen functional groups attached to an aromatic ring is 2. The number of nitrogens with two attached hydrogens (primary N) is 2. The number of rotatable bonds is 8. The van der Waals surface area contributed by atoms with Gasteiger partial charge in [-0.25, -0.2) is 0 Å². The van der Waals surface area contributed by atoms with E-state index in [1.54, 1.807) is 0 Å². The van der Waals surface area contributed by atoms with Gasteiger partial charge in [0.2, 0.25) is 0 Å². The monoisotopic (exact) mass is 878 g/mol. The van der Waals surface area contributed by atoms with E-state index in [1.807, 2.05) is 0 Å². The molecule has 0 atom stereocenters. The Morgan fingerprint density at radius 2 is 1.04 bits per heavy atom. The summed E-state index contributed by atoms with van der Waals surface area (Å²) in [6.07, 6.45) is -13.5. The van der Waals surface area contributed by atoms with Gasteiger partial charge in [-0.2, -0.15) is 8.78 Å². The first-order valence-electron chi connectivity index (χ1n) is 12.3. The topological polar surface area (TPSA) is 70.5 Å². The van der Waals surface area contributed by atoms with Crippen molar-refractivity contribution in [3.8, 4) is 23.0 Å². The van der Waals surface area contributed by atoms with Gasteiger partial charge in [0.1, 0.15) is 5.75 Å². The molecule has 0 fully saturated rings. The molecule has 45 heavy (non-hydrogen) atoms. The van der Waals surface area contributed by atoms with Crippen LogP contribution in [0.4, 0.5) is 55.3 Å². The molecule has 4 N–H and O–H groups in total. The van der Waals surface area contributed by atoms with Gasteiger partial charge < -0.3 is 10.5 Å². The molecule has 0 spiro atoms.